The lowest BCUT2D eigenvalue weighted by molar-refractivity contribution is 0.305. The Morgan fingerprint density at radius 2 is 1.81 bits per heavy atom. The number of aliphatic imine (C=N–C) groups is 1. The van der Waals surface area contributed by atoms with E-state index in [0.29, 0.717) is 18.4 Å². The van der Waals surface area contributed by atoms with E-state index < -0.39 is 0 Å². The molecule has 0 saturated carbocycles. The van der Waals surface area contributed by atoms with E-state index in [1.54, 1.807) is 6.07 Å². The summed E-state index contributed by atoms with van der Waals surface area (Å²) in [5.41, 5.74) is 7.98. The number of aryl methyl sites for hydroxylation is 1. The molecule has 3 atom stereocenters. The summed E-state index contributed by atoms with van der Waals surface area (Å²) in [6, 6.07) is 29.8. The van der Waals surface area contributed by atoms with E-state index in [9.17, 15) is 4.39 Å². The number of fused-ring (bicyclic) bond motifs is 3. The van der Waals surface area contributed by atoms with Crippen LogP contribution in [0.5, 0.6) is 5.75 Å². The second kappa shape index (κ2) is 10.1. The molecule has 0 aromatic heterocycles. The van der Waals surface area contributed by atoms with E-state index in [-0.39, 0.29) is 11.9 Å². The minimum absolute atomic E-state index is 0.254. The molecule has 0 spiro atoms. The van der Waals surface area contributed by atoms with Crippen LogP contribution in [0.3, 0.4) is 0 Å². The van der Waals surface area contributed by atoms with Crippen molar-refractivity contribution in [1.29, 1.82) is 0 Å². The number of nitrogens with zero attached hydrogens (tertiary/aromatic N) is 1. The lowest BCUT2D eigenvalue weighted by atomic mass is 9.76. The van der Waals surface area contributed by atoms with Gasteiger partial charge >= 0.3 is 0 Å². The van der Waals surface area contributed by atoms with Gasteiger partial charge in [-0.05, 0) is 96.1 Å². The SMILES string of the molecule is Cc1ccc2c(c1)[C@@H]1C=CC[C@H]1[C@H](c1ccc(N=Cc3ccc(OCc4cccc(F)c4)cc3)cc1)N2. The second-order valence-electron chi connectivity index (χ2n) is 9.90. The van der Waals surface area contributed by atoms with Crippen LogP contribution >= 0.6 is 0 Å². The molecular formula is C33H29FN2O. The number of hydrogen-bond acceptors (Lipinski definition) is 3. The standard InChI is InChI=1S/C33H29FN2O/c1-22-8-17-32-31(18-22)29-6-3-7-30(29)33(36-32)25-11-13-27(14-12-25)35-20-23-9-15-28(16-10-23)37-21-24-4-2-5-26(34)19-24/h2-6,8-20,29-30,33,36H,7,21H2,1H3/t29-,30-,33+/m1/s1. The van der Waals surface area contributed by atoms with Crippen molar-refractivity contribution in [2.24, 2.45) is 10.9 Å². The van der Waals surface area contributed by atoms with Gasteiger partial charge in [-0.1, -0.05) is 54.1 Å². The average molecular weight is 489 g/mol. The molecule has 6 rings (SSSR count). The zero-order valence-corrected chi connectivity index (χ0v) is 20.8. The Balaban J connectivity index is 1.11. The largest absolute Gasteiger partial charge is 0.489 e. The van der Waals surface area contributed by atoms with Gasteiger partial charge in [0.1, 0.15) is 18.2 Å². The molecule has 0 unspecified atom stereocenters. The molecule has 1 aliphatic carbocycles. The maximum atomic E-state index is 13.3. The third-order valence-corrected chi connectivity index (χ3v) is 7.31. The van der Waals surface area contributed by atoms with Crippen LogP contribution in [-0.2, 0) is 6.61 Å². The fourth-order valence-electron chi connectivity index (χ4n) is 5.40. The van der Waals surface area contributed by atoms with Crippen molar-refractivity contribution in [1.82, 2.24) is 0 Å². The van der Waals surface area contributed by atoms with Crippen LogP contribution in [0, 0.1) is 18.7 Å². The van der Waals surface area contributed by atoms with Crippen molar-refractivity contribution in [3.63, 3.8) is 0 Å². The highest BCUT2D eigenvalue weighted by molar-refractivity contribution is 5.82. The molecule has 4 aromatic carbocycles. The quantitative estimate of drug-likeness (QED) is 0.219. The molecule has 1 heterocycles. The highest BCUT2D eigenvalue weighted by Gasteiger charge is 2.37. The van der Waals surface area contributed by atoms with Crippen LogP contribution in [-0.4, -0.2) is 6.21 Å². The molecule has 1 aliphatic heterocycles. The predicted molar refractivity (Wildman–Crippen MR) is 148 cm³/mol. The number of ether oxygens (including phenoxy) is 1. The van der Waals surface area contributed by atoms with E-state index in [0.717, 1.165) is 29.0 Å². The zero-order valence-electron chi connectivity index (χ0n) is 20.8. The Kier molecular flexibility index (Phi) is 6.32. The van der Waals surface area contributed by atoms with Crippen LogP contribution in [0.2, 0.25) is 0 Å². The molecule has 4 aromatic rings. The Hall–Kier alpha value is -4.18. The maximum absolute atomic E-state index is 13.3. The van der Waals surface area contributed by atoms with Gasteiger partial charge in [-0.25, -0.2) is 4.39 Å². The Morgan fingerprint density at radius 3 is 2.62 bits per heavy atom. The highest BCUT2D eigenvalue weighted by Crippen LogP contribution is 2.50. The molecule has 3 nitrogen and oxygen atoms in total. The van der Waals surface area contributed by atoms with Gasteiger partial charge in [0.15, 0.2) is 0 Å². The van der Waals surface area contributed by atoms with E-state index in [4.69, 9.17) is 4.74 Å². The molecule has 1 N–H and O–H groups in total. The molecule has 0 saturated heterocycles. The number of nitrogens with one attached hydrogen (secondary N) is 1. The topological polar surface area (TPSA) is 33.6 Å². The first kappa shape index (κ1) is 23.2. The molecule has 2 aliphatic rings. The summed E-state index contributed by atoms with van der Waals surface area (Å²) in [5, 5.41) is 3.81. The molecule has 184 valence electrons. The van der Waals surface area contributed by atoms with Gasteiger partial charge in [0, 0.05) is 17.8 Å². The van der Waals surface area contributed by atoms with Crippen LogP contribution < -0.4 is 10.1 Å². The summed E-state index contributed by atoms with van der Waals surface area (Å²) in [5.74, 6) is 1.49. The number of benzene rings is 4. The molecule has 0 amide bonds. The van der Waals surface area contributed by atoms with E-state index >= 15 is 0 Å². The van der Waals surface area contributed by atoms with Crippen molar-refractivity contribution in [3.8, 4) is 5.75 Å². The summed E-state index contributed by atoms with van der Waals surface area (Å²) in [6.45, 7) is 2.49. The van der Waals surface area contributed by atoms with Gasteiger partial charge in [0.05, 0.1) is 11.7 Å². The summed E-state index contributed by atoms with van der Waals surface area (Å²) >= 11 is 0. The highest BCUT2D eigenvalue weighted by atomic mass is 19.1. The molecule has 0 radical (unpaired) electrons. The fourth-order valence-corrected chi connectivity index (χ4v) is 5.40. The van der Waals surface area contributed by atoms with Gasteiger partial charge in [-0.2, -0.15) is 0 Å². The van der Waals surface area contributed by atoms with Crippen molar-refractivity contribution >= 4 is 17.6 Å². The normalized spacial score (nSPS) is 19.9. The van der Waals surface area contributed by atoms with Gasteiger partial charge in [0.25, 0.3) is 0 Å². The molecule has 37 heavy (non-hydrogen) atoms. The number of rotatable bonds is 6. The zero-order chi connectivity index (χ0) is 25.2. The first-order valence-electron chi connectivity index (χ1n) is 12.8. The summed E-state index contributed by atoms with van der Waals surface area (Å²) < 4.78 is 19.1. The molecular weight excluding hydrogens is 459 g/mol. The van der Waals surface area contributed by atoms with Crippen molar-refractivity contribution < 1.29 is 9.13 Å². The first-order chi connectivity index (χ1) is 18.1. The minimum atomic E-state index is -0.254. The van der Waals surface area contributed by atoms with Gasteiger partial charge in [-0.15, -0.1) is 0 Å². The monoisotopic (exact) mass is 488 g/mol. The predicted octanol–water partition coefficient (Wildman–Crippen LogP) is 8.29. The summed E-state index contributed by atoms with van der Waals surface area (Å²) in [7, 11) is 0. The Bertz CT molecular complexity index is 1460. The summed E-state index contributed by atoms with van der Waals surface area (Å²) in [4.78, 5) is 4.67. The van der Waals surface area contributed by atoms with Gasteiger partial charge in [-0.3, -0.25) is 4.99 Å². The number of allylic oxidation sites excluding steroid dienone is 2. The van der Waals surface area contributed by atoms with E-state index in [2.05, 4.69) is 71.8 Å². The van der Waals surface area contributed by atoms with Crippen LogP contribution in [0.15, 0.2) is 108 Å². The third kappa shape index (κ3) is 5.05. The second-order valence-corrected chi connectivity index (χ2v) is 9.90. The van der Waals surface area contributed by atoms with Crippen LogP contribution in [0.1, 0.15) is 46.2 Å². The van der Waals surface area contributed by atoms with Crippen molar-refractivity contribution in [2.75, 3.05) is 5.32 Å². The van der Waals surface area contributed by atoms with Crippen molar-refractivity contribution in [3.05, 3.63) is 137 Å². The van der Waals surface area contributed by atoms with Gasteiger partial charge in [0.2, 0.25) is 0 Å². The van der Waals surface area contributed by atoms with Crippen molar-refractivity contribution in [2.45, 2.75) is 31.9 Å². The first-order valence-corrected chi connectivity index (χ1v) is 12.8. The van der Waals surface area contributed by atoms with Gasteiger partial charge < -0.3 is 10.1 Å². The van der Waals surface area contributed by atoms with E-state index in [1.807, 2.05) is 36.5 Å². The molecule has 4 heteroatoms. The number of anilines is 1. The molecule has 0 bridgehead atoms. The van der Waals surface area contributed by atoms with E-state index in [1.165, 1.54) is 34.5 Å². The van der Waals surface area contributed by atoms with Crippen LogP contribution in [0.4, 0.5) is 15.8 Å². The lowest BCUT2D eigenvalue weighted by Gasteiger charge is -2.37. The maximum Gasteiger partial charge on any atom is 0.123 e. The number of hydrogen-bond donors (Lipinski definition) is 1. The third-order valence-electron chi connectivity index (χ3n) is 7.31. The average Bonchev–Trinajstić information content (AvgIpc) is 3.42. The Labute approximate surface area is 217 Å². The lowest BCUT2D eigenvalue weighted by Crippen LogP contribution is -2.29. The minimum Gasteiger partial charge on any atom is -0.489 e. The molecule has 0 fully saturated rings. The van der Waals surface area contributed by atoms with Crippen LogP contribution in [0.25, 0.3) is 0 Å². The fraction of sp³-hybridized carbons (Fsp3) is 0.182. The Morgan fingerprint density at radius 1 is 0.973 bits per heavy atom. The number of halogens is 1. The smallest absolute Gasteiger partial charge is 0.123 e. The summed E-state index contributed by atoms with van der Waals surface area (Å²) in [6.07, 6.45) is 7.67.